The summed E-state index contributed by atoms with van der Waals surface area (Å²) in [6.45, 7) is 0.626. The molecule has 1 saturated carbocycles. The first-order valence-electron chi connectivity index (χ1n) is 9.47. The van der Waals surface area contributed by atoms with E-state index < -0.39 is 12.1 Å². The Hall–Kier alpha value is -2.82. The number of carbonyl (C=O) groups is 2. The first-order valence-corrected chi connectivity index (χ1v) is 9.47. The van der Waals surface area contributed by atoms with Crippen LogP contribution >= 0.6 is 0 Å². The van der Waals surface area contributed by atoms with E-state index in [1.165, 1.54) is 22.3 Å². The zero-order valence-electron chi connectivity index (χ0n) is 15.1. The van der Waals surface area contributed by atoms with Gasteiger partial charge >= 0.3 is 12.1 Å². The predicted molar refractivity (Wildman–Crippen MR) is 102 cm³/mol. The third-order valence-electron chi connectivity index (χ3n) is 5.83. The van der Waals surface area contributed by atoms with Crippen LogP contribution in [0.4, 0.5) is 4.79 Å². The van der Waals surface area contributed by atoms with Gasteiger partial charge in [0.15, 0.2) is 0 Å². The standard InChI is InChI=1S/C22H23NO4/c24-21(25)15-11-5-6-14(15)12-23-22(26)27-13-20-18-9-3-1-7-16(18)17-8-2-4-10-19(17)20/h1-4,7-10,14-15,20H,5-6,11-13H2,(H,23,26)(H,24,25)/t14-,15?/m1/s1. The molecule has 0 saturated heterocycles. The molecule has 27 heavy (non-hydrogen) atoms. The van der Waals surface area contributed by atoms with Crippen molar-refractivity contribution in [3.05, 3.63) is 59.7 Å². The largest absolute Gasteiger partial charge is 0.481 e. The molecular weight excluding hydrogens is 342 g/mol. The molecule has 2 aromatic carbocycles. The summed E-state index contributed by atoms with van der Waals surface area (Å²) in [7, 11) is 0. The molecule has 0 spiro atoms. The van der Waals surface area contributed by atoms with Crippen molar-refractivity contribution < 1.29 is 19.4 Å². The quantitative estimate of drug-likeness (QED) is 0.839. The van der Waals surface area contributed by atoms with Crippen LogP contribution < -0.4 is 5.32 Å². The van der Waals surface area contributed by atoms with Crippen molar-refractivity contribution in [2.45, 2.75) is 25.2 Å². The fourth-order valence-electron chi connectivity index (χ4n) is 4.47. The van der Waals surface area contributed by atoms with Crippen LogP contribution in [0, 0.1) is 11.8 Å². The van der Waals surface area contributed by atoms with E-state index in [1.54, 1.807) is 0 Å². The monoisotopic (exact) mass is 365 g/mol. The first-order chi connectivity index (χ1) is 13.1. The zero-order chi connectivity index (χ0) is 18.8. The number of amides is 1. The molecule has 0 aromatic heterocycles. The summed E-state index contributed by atoms with van der Waals surface area (Å²) in [5.74, 6) is -1.12. The molecule has 2 aliphatic rings. The minimum atomic E-state index is -0.771. The van der Waals surface area contributed by atoms with Crippen LogP contribution in [-0.4, -0.2) is 30.3 Å². The van der Waals surface area contributed by atoms with E-state index in [9.17, 15) is 14.7 Å². The van der Waals surface area contributed by atoms with Crippen molar-refractivity contribution in [2.24, 2.45) is 11.8 Å². The van der Waals surface area contributed by atoms with Crippen LogP contribution in [0.3, 0.4) is 0 Å². The molecule has 0 heterocycles. The summed E-state index contributed by atoms with van der Waals surface area (Å²) in [4.78, 5) is 23.4. The highest BCUT2D eigenvalue weighted by atomic mass is 16.5. The second-order valence-electron chi connectivity index (χ2n) is 7.34. The van der Waals surface area contributed by atoms with Gasteiger partial charge in [-0.25, -0.2) is 4.79 Å². The summed E-state index contributed by atoms with van der Waals surface area (Å²) < 4.78 is 5.50. The van der Waals surface area contributed by atoms with Gasteiger partial charge in [0, 0.05) is 12.5 Å². The van der Waals surface area contributed by atoms with Crippen LogP contribution in [0.5, 0.6) is 0 Å². The highest BCUT2D eigenvalue weighted by Gasteiger charge is 2.33. The maximum atomic E-state index is 12.2. The number of nitrogens with one attached hydrogen (secondary N) is 1. The minimum Gasteiger partial charge on any atom is -0.481 e. The van der Waals surface area contributed by atoms with Gasteiger partial charge in [-0.1, -0.05) is 55.0 Å². The number of carbonyl (C=O) groups excluding carboxylic acids is 1. The van der Waals surface area contributed by atoms with Gasteiger partial charge in [-0.2, -0.15) is 0 Å². The Morgan fingerprint density at radius 3 is 2.26 bits per heavy atom. The molecule has 0 radical (unpaired) electrons. The second-order valence-corrected chi connectivity index (χ2v) is 7.34. The lowest BCUT2D eigenvalue weighted by molar-refractivity contribution is -0.142. The first kappa shape index (κ1) is 17.6. The molecule has 2 aromatic rings. The van der Waals surface area contributed by atoms with Gasteiger partial charge in [0.2, 0.25) is 0 Å². The maximum absolute atomic E-state index is 12.2. The normalized spacial score (nSPS) is 20.7. The molecular formula is C22H23NO4. The third kappa shape index (κ3) is 3.42. The molecule has 1 fully saturated rings. The number of carboxylic acid groups (broad SMARTS) is 1. The number of benzene rings is 2. The number of rotatable bonds is 5. The fraction of sp³-hybridized carbons (Fsp3) is 0.364. The van der Waals surface area contributed by atoms with E-state index in [1.807, 2.05) is 24.3 Å². The zero-order valence-corrected chi connectivity index (χ0v) is 15.1. The van der Waals surface area contributed by atoms with E-state index in [0.717, 1.165) is 12.8 Å². The molecule has 2 N–H and O–H groups in total. The van der Waals surface area contributed by atoms with Gasteiger partial charge in [-0.15, -0.1) is 0 Å². The molecule has 2 aliphatic carbocycles. The maximum Gasteiger partial charge on any atom is 0.407 e. The van der Waals surface area contributed by atoms with Crippen LogP contribution in [0.1, 0.15) is 36.3 Å². The van der Waals surface area contributed by atoms with Crippen molar-refractivity contribution in [3.63, 3.8) is 0 Å². The van der Waals surface area contributed by atoms with Crippen molar-refractivity contribution in [1.29, 1.82) is 0 Å². The molecule has 0 aliphatic heterocycles. The topological polar surface area (TPSA) is 75.6 Å². The van der Waals surface area contributed by atoms with E-state index in [0.29, 0.717) is 13.0 Å². The van der Waals surface area contributed by atoms with Gasteiger partial charge in [0.05, 0.1) is 5.92 Å². The molecule has 0 bridgehead atoms. The minimum absolute atomic E-state index is 0.0111. The van der Waals surface area contributed by atoms with Crippen molar-refractivity contribution >= 4 is 12.1 Å². The van der Waals surface area contributed by atoms with Crippen LogP contribution in [0.2, 0.25) is 0 Å². The highest BCUT2D eigenvalue weighted by molar-refractivity contribution is 5.79. The Labute approximate surface area is 158 Å². The molecule has 1 unspecified atom stereocenters. The number of alkyl carbamates (subject to hydrolysis) is 1. The Morgan fingerprint density at radius 1 is 1.00 bits per heavy atom. The Balaban J connectivity index is 1.37. The number of hydrogen-bond acceptors (Lipinski definition) is 3. The summed E-state index contributed by atoms with van der Waals surface area (Å²) in [6, 6.07) is 16.4. The van der Waals surface area contributed by atoms with E-state index in [-0.39, 0.29) is 24.4 Å². The van der Waals surface area contributed by atoms with Crippen molar-refractivity contribution in [3.8, 4) is 11.1 Å². The Bertz CT molecular complexity index is 817. The Kier molecular flexibility index (Phi) is 4.84. The second kappa shape index (κ2) is 7.43. The van der Waals surface area contributed by atoms with E-state index >= 15 is 0 Å². The van der Waals surface area contributed by atoms with Gasteiger partial charge in [0.25, 0.3) is 0 Å². The fourth-order valence-corrected chi connectivity index (χ4v) is 4.47. The average Bonchev–Trinajstić information content (AvgIpc) is 3.28. The lowest BCUT2D eigenvalue weighted by Crippen LogP contribution is -2.34. The molecule has 4 rings (SSSR count). The SMILES string of the molecule is O=C(NC[C@H]1CCCC1C(=O)O)OCC1c2ccccc2-c2ccccc21. The number of aliphatic carboxylic acids is 1. The number of carboxylic acids is 1. The predicted octanol–water partition coefficient (Wildman–Crippen LogP) is 4.03. The van der Waals surface area contributed by atoms with Crippen LogP contribution in [-0.2, 0) is 9.53 Å². The third-order valence-corrected chi connectivity index (χ3v) is 5.83. The van der Waals surface area contributed by atoms with E-state index in [2.05, 4.69) is 29.6 Å². The summed E-state index contributed by atoms with van der Waals surface area (Å²) in [5.41, 5.74) is 4.73. The molecule has 5 nitrogen and oxygen atoms in total. The lowest BCUT2D eigenvalue weighted by Gasteiger charge is -2.18. The summed E-state index contributed by atoms with van der Waals surface area (Å²) in [6.07, 6.45) is 1.94. The Morgan fingerprint density at radius 2 is 1.63 bits per heavy atom. The van der Waals surface area contributed by atoms with Gasteiger partial charge < -0.3 is 15.2 Å². The number of hydrogen-bond donors (Lipinski definition) is 2. The summed E-state index contributed by atoms with van der Waals surface area (Å²) in [5, 5.41) is 12.0. The van der Waals surface area contributed by atoms with Gasteiger partial charge in [0.1, 0.15) is 6.61 Å². The van der Waals surface area contributed by atoms with E-state index in [4.69, 9.17) is 4.74 Å². The van der Waals surface area contributed by atoms with Crippen molar-refractivity contribution in [2.75, 3.05) is 13.2 Å². The lowest BCUT2D eigenvalue weighted by atomic mass is 9.96. The van der Waals surface area contributed by atoms with Gasteiger partial charge in [-0.3, -0.25) is 4.79 Å². The number of ether oxygens (including phenoxy) is 1. The average molecular weight is 365 g/mol. The van der Waals surface area contributed by atoms with Gasteiger partial charge in [-0.05, 0) is 41.0 Å². The van der Waals surface area contributed by atoms with Crippen LogP contribution in [0.15, 0.2) is 48.5 Å². The highest BCUT2D eigenvalue weighted by Crippen LogP contribution is 2.44. The van der Waals surface area contributed by atoms with Crippen molar-refractivity contribution in [1.82, 2.24) is 5.32 Å². The molecule has 5 heteroatoms. The molecule has 140 valence electrons. The molecule has 2 atom stereocenters. The number of fused-ring (bicyclic) bond motifs is 3. The summed E-state index contributed by atoms with van der Waals surface area (Å²) >= 11 is 0. The molecule has 1 amide bonds. The van der Waals surface area contributed by atoms with Crippen LogP contribution in [0.25, 0.3) is 11.1 Å². The smallest absolute Gasteiger partial charge is 0.407 e.